The largest absolute Gasteiger partial charge is 0.487 e. The molecule has 2 saturated heterocycles. The monoisotopic (exact) mass is 712 g/mol. The Balaban J connectivity index is 1.22. The highest BCUT2D eigenvalue weighted by molar-refractivity contribution is 5.97. The normalized spacial score (nSPS) is 24.0. The van der Waals surface area contributed by atoms with Gasteiger partial charge in [0.1, 0.15) is 35.3 Å². The molecule has 0 aliphatic carbocycles. The van der Waals surface area contributed by atoms with Gasteiger partial charge in [-0.3, -0.25) is 19.2 Å². The molecule has 3 heterocycles. The number of ether oxygens (including phenoxy) is 3. The Hall–Kier alpha value is -3.14. The summed E-state index contributed by atoms with van der Waals surface area (Å²) in [6.45, 7) is 17.2. The van der Waals surface area contributed by atoms with Crippen molar-refractivity contribution in [3.63, 3.8) is 0 Å². The third-order valence-electron chi connectivity index (χ3n) is 11.5. The van der Waals surface area contributed by atoms with Crippen LogP contribution >= 0.6 is 0 Å². The van der Waals surface area contributed by atoms with E-state index in [1.54, 1.807) is 0 Å². The van der Waals surface area contributed by atoms with Crippen LogP contribution in [0, 0.1) is 38.5 Å². The molecule has 4 rings (SSSR count). The van der Waals surface area contributed by atoms with E-state index in [9.17, 15) is 24.3 Å². The van der Waals surface area contributed by atoms with Crippen molar-refractivity contribution in [3.05, 3.63) is 22.3 Å². The highest BCUT2D eigenvalue weighted by Gasteiger charge is 2.47. The fourth-order valence-corrected chi connectivity index (χ4v) is 8.06. The number of nitrogens with one attached hydrogen (secondary N) is 1. The molecule has 2 fully saturated rings. The Bertz CT molecular complexity index is 1410. The first-order valence-electron chi connectivity index (χ1n) is 19.6. The molecule has 0 aromatic heterocycles. The number of benzene rings is 1. The summed E-state index contributed by atoms with van der Waals surface area (Å²) >= 11 is 0. The van der Waals surface area contributed by atoms with E-state index >= 15 is 0 Å². The van der Waals surface area contributed by atoms with Gasteiger partial charge in [0.2, 0.25) is 11.8 Å². The fourth-order valence-electron chi connectivity index (χ4n) is 8.06. The van der Waals surface area contributed by atoms with Crippen molar-refractivity contribution in [3.8, 4) is 11.5 Å². The van der Waals surface area contributed by atoms with E-state index in [2.05, 4.69) is 39.9 Å². The van der Waals surface area contributed by atoms with Crippen molar-refractivity contribution >= 4 is 23.8 Å². The summed E-state index contributed by atoms with van der Waals surface area (Å²) in [5, 5.41) is 11.9. The molecule has 2 amide bonds. The van der Waals surface area contributed by atoms with Crippen molar-refractivity contribution in [2.75, 3.05) is 13.2 Å². The van der Waals surface area contributed by atoms with Crippen LogP contribution in [0.4, 0.5) is 0 Å². The Morgan fingerprint density at radius 1 is 0.922 bits per heavy atom. The van der Waals surface area contributed by atoms with Gasteiger partial charge in [-0.25, -0.2) is 0 Å². The minimum absolute atomic E-state index is 0.0783. The van der Waals surface area contributed by atoms with Crippen LogP contribution in [-0.4, -0.2) is 70.7 Å². The summed E-state index contributed by atoms with van der Waals surface area (Å²) in [5.41, 5.74) is 3.56. The number of fused-ring (bicyclic) bond motifs is 2. The van der Waals surface area contributed by atoms with Gasteiger partial charge in [0, 0.05) is 12.0 Å². The summed E-state index contributed by atoms with van der Waals surface area (Å²) in [5.74, 6) is 1.89. The number of hydrogen-bond acceptors (Lipinski definition) is 8. The first kappa shape index (κ1) is 40.6. The number of carbonyl (C=O) groups excluding carboxylic acids is 4. The molecular weight excluding hydrogens is 648 g/mol. The third-order valence-corrected chi connectivity index (χ3v) is 11.5. The molecule has 1 aromatic rings. The van der Waals surface area contributed by atoms with Gasteiger partial charge in [0.25, 0.3) is 0 Å². The van der Waals surface area contributed by atoms with E-state index in [1.165, 1.54) is 49.8 Å². The van der Waals surface area contributed by atoms with Crippen molar-refractivity contribution < 1.29 is 38.5 Å². The average molecular weight is 713 g/mol. The number of nitrogens with zero attached hydrogens (tertiary/aromatic N) is 1. The lowest BCUT2D eigenvalue weighted by Crippen LogP contribution is -2.62. The molecule has 51 heavy (non-hydrogen) atoms. The van der Waals surface area contributed by atoms with Crippen LogP contribution in [-0.2, 0) is 30.3 Å². The van der Waals surface area contributed by atoms with Crippen molar-refractivity contribution in [2.45, 2.75) is 169 Å². The molecule has 10 heteroatoms. The van der Waals surface area contributed by atoms with Crippen molar-refractivity contribution in [1.82, 2.24) is 10.2 Å². The van der Waals surface area contributed by atoms with Gasteiger partial charge < -0.3 is 29.5 Å². The Labute approximate surface area is 305 Å². The van der Waals surface area contributed by atoms with Gasteiger partial charge in [-0.2, -0.15) is 0 Å². The zero-order valence-corrected chi connectivity index (χ0v) is 32.5. The van der Waals surface area contributed by atoms with Crippen LogP contribution in [0.15, 0.2) is 0 Å². The number of hydrogen-bond donors (Lipinski definition) is 2. The Morgan fingerprint density at radius 3 is 2.20 bits per heavy atom. The molecule has 0 saturated carbocycles. The molecule has 6 atom stereocenters. The predicted molar refractivity (Wildman–Crippen MR) is 197 cm³/mol. The van der Waals surface area contributed by atoms with E-state index in [-0.39, 0.29) is 37.3 Å². The highest BCUT2D eigenvalue weighted by atomic mass is 16.5. The molecule has 0 spiro atoms. The summed E-state index contributed by atoms with van der Waals surface area (Å²) in [4.78, 5) is 51.7. The minimum Gasteiger partial charge on any atom is -0.487 e. The second kappa shape index (κ2) is 18.1. The molecule has 0 unspecified atom stereocenters. The number of piperazine rings is 1. The van der Waals surface area contributed by atoms with Crippen LogP contribution in [0.25, 0.3) is 0 Å². The topological polar surface area (TPSA) is 131 Å². The van der Waals surface area contributed by atoms with Crippen molar-refractivity contribution in [1.29, 1.82) is 0 Å². The Kier molecular flexibility index (Phi) is 14.4. The van der Waals surface area contributed by atoms with Crippen LogP contribution < -0.4 is 14.8 Å². The fraction of sp³-hybridized carbons (Fsp3) is 0.756. The maximum atomic E-state index is 12.9. The highest BCUT2D eigenvalue weighted by Crippen LogP contribution is 2.45. The SMILES string of the molecule is Cc1c(C)c2c(c(C)c1OC(=O)CCC(=O)O[C@@H]1C[C@H]3C(=O)N[C@@H](CO)C(=O)N3C1)CC[C@@](C)(CCC[C@H](C)CCC[C@H](C)CCCC(C)C)O2. The standard InChI is InChI=1S/C41H64N2O8/c1-25(2)12-9-13-26(3)14-10-15-27(4)16-11-20-41(8)21-19-32-30(7)37(28(5)29(6)38(32)51-41)50-36(46)18-17-35(45)49-31-22-34-39(47)42-33(24-44)40(48)43(34)23-31/h25-27,31,33-34,44H,9-24H2,1-8H3,(H,42,47)/t26-,27-,31-,33+,34+,41-/m1/s1. The molecule has 3 aliphatic heterocycles. The zero-order valence-electron chi connectivity index (χ0n) is 32.5. The molecular formula is C41H64N2O8. The van der Waals surface area contributed by atoms with Gasteiger partial charge in [-0.1, -0.05) is 72.6 Å². The molecule has 1 aromatic carbocycles. The van der Waals surface area contributed by atoms with Gasteiger partial charge in [-0.15, -0.1) is 0 Å². The summed E-state index contributed by atoms with van der Waals surface area (Å²) in [7, 11) is 0. The second-order valence-corrected chi connectivity index (χ2v) is 16.5. The lowest BCUT2D eigenvalue weighted by atomic mass is 9.83. The molecule has 0 radical (unpaired) electrons. The van der Waals surface area contributed by atoms with E-state index in [0.29, 0.717) is 5.75 Å². The van der Waals surface area contributed by atoms with Gasteiger partial charge >= 0.3 is 11.9 Å². The summed E-state index contributed by atoms with van der Waals surface area (Å²) in [6, 6.07) is -1.71. The van der Waals surface area contributed by atoms with Gasteiger partial charge in [-0.05, 0) is 87.8 Å². The first-order chi connectivity index (χ1) is 24.1. The molecule has 286 valence electrons. The summed E-state index contributed by atoms with van der Waals surface area (Å²) in [6.07, 6.45) is 12.3. The lowest BCUT2D eigenvalue weighted by molar-refractivity contribution is -0.151. The van der Waals surface area contributed by atoms with Gasteiger partial charge in [0.05, 0.1) is 26.0 Å². The number of amides is 2. The first-order valence-corrected chi connectivity index (χ1v) is 19.6. The Morgan fingerprint density at radius 2 is 1.55 bits per heavy atom. The quantitative estimate of drug-likeness (QED) is 0.125. The van der Waals surface area contributed by atoms with Crippen LogP contribution in [0.2, 0.25) is 0 Å². The molecule has 0 bridgehead atoms. The second-order valence-electron chi connectivity index (χ2n) is 16.5. The zero-order chi connectivity index (χ0) is 37.5. The number of carbonyl (C=O) groups is 4. The van der Waals surface area contributed by atoms with Crippen LogP contribution in [0.1, 0.15) is 140 Å². The number of rotatable bonds is 18. The maximum absolute atomic E-state index is 12.9. The van der Waals surface area contributed by atoms with Gasteiger partial charge in [0.15, 0.2) is 0 Å². The van der Waals surface area contributed by atoms with E-state index < -0.39 is 42.6 Å². The lowest BCUT2D eigenvalue weighted by Gasteiger charge is -2.38. The van der Waals surface area contributed by atoms with E-state index in [1.807, 2.05) is 20.8 Å². The number of esters is 2. The average Bonchev–Trinajstić information content (AvgIpc) is 3.50. The molecule has 3 aliphatic rings. The number of aliphatic hydroxyl groups excluding tert-OH is 1. The predicted octanol–water partition coefficient (Wildman–Crippen LogP) is 6.82. The van der Waals surface area contributed by atoms with Crippen molar-refractivity contribution in [2.24, 2.45) is 17.8 Å². The van der Waals surface area contributed by atoms with Crippen LogP contribution in [0.3, 0.4) is 0 Å². The molecule has 2 N–H and O–H groups in total. The summed E-state index contributed by atoms with van der Waals surface area (Å²) < 4.78 is 18.1. The number of aliphatic hydroxyl groups is 1. The smallest absolute Gasteiger partial charge is 0.311 e. The van der Waals surface area contributed by atoms with E-state index in [0.717, 1.165) is 71.4 Å². The maximum Gasteiger partial charge on any atom is 0.311 e. The van der Waals surface area contributed by atoms with E-state index in [4.69, 9.17) is 14.2 Å². The third kappa shape index (κ3) is 10.7. The molecule has 10 nitrogen and oxygen atoms in total. The van der Waals surface area contributed by atoms with Crippen LogP contribution in [0.5, 0.6) is 11.5 Å². The minimum atomic E-state index is -0.982.